The number of esters is 2. The molecule has 3 rings (SSSR count). The molecule has 3 aliphatic rings. The van der Waals surface area contributed by atoms with E-state index < -0.39 is 0 Å². The highest BCUT2D eigenvalue weighted by Gasteiger charge is 2.52. The van der Waals surface area contributed by atoms with Crippen LogP contribution in [-0.4, -0.2) is 24.1 Å². The van der Waals surface area contributed by atoms with Crippen molar-refractivity contribution in [2.24, 2.45) is 47.3 Å². The second kappa shape index (κ2) is 9.39. The second-order valence-corrected chi connectivity index (χ2v) is 11.1. The van der Waals surface area contributed by atoms with Gasteiger partial charge in [0, 0.05) is 0 Å². The van der Waals surface area contributed by atoms with E-state index >= 15 is 0 Å². The first-order valence-corrected chi connectivity index (χ1v) is 12.1. The van der Waals surface area contributed by atoms with Gasteiger partial charge in [0.25, 0.3) is 0 Å². The van der Waals surface area contributed by atoms with Gasteiger partial charge in [-0.1, -0.05) is 54.4 Å². The Morgan fingerprint density at radius 2 is 1.03 bits per heavy atom. The van der Waals surface area contributed by atoms with Crippen molar-refractivity contribution in [1.82, 2.24) is 0 Å². The van der Waals surface area contributed by atoms with Gasteiger partial charge in [0.2, 0.25) is 0 Å². The molecule has 0 bridgehead atoms. The van der Waals surface area contributed by atoms with E-state index in [1.54, 1.807) is 0 Å². The summed E-state index contributed by atoms with van der Waals surface area (Å²) in [6.07, 6.45) is 7.20. The summed E-state index contributed by atoms with van der Waals surface area (Å²) in [5, 5.41) is 0. The fraction of sp³-hybridized carbons (Fsp3) is 0.920. The van der Waals surface area contributed by atoms with Crippen LogP contribution in [-0.2, 0) is 19.1 Å². The molecule has 4 heteroatoms. The summed E-state index contributed by atoms with van der Waals surface area (Å²) in [6, 6.07) is 0. The Morgan fingerprint density at radius 1 is 0.655 bits per heavy atom. The van der Waals surface area contributed by atoms with Crippen LogP contribution in [0, 0.1) is 47.3 Å². The van der Waals surface area contributed by atoms with Crippen molar-refractivity contribution in [2.45, 2.75) is 98.7 Å². The SMILES string of the molecule is CC(C)[C@H]1CC[C@@H](C)C[C@H]1OC(=O)[C@H]1C[C@H]1C(=O)O[C@@H]1C[C@H](C)CC[C@@H]1C(C)C. The maximum atomic E-state index is 12.8. The van der Waals surface area contributed by atoms with Crippen molar-refractivity contribution in [1.29, 1.82) is 0 Å². The predicted molar refractivity (Wildman–Crippen MR) is 114 cm³/mol. The number of ether oxygens (including phenoxy) is 2. The molecule has 8 atom stereocenters. The number of hydrogen-bond donors (Lipinski definition) is 0. The minimum Gasteiger partial charge on any atom is -0.462 e. The zero-order valence-corrected chi connectivity index (χ0v) is 19.4. The molecule has 0 aromatic carbocycles. The van der Waals surface area contributed by atoms with Gasteiger partial charge in [-0.25, -0.2) is 0 Å². The van der Waals surface area contributed by atoms with E-state index in [1.165, 1.54) is 12.8 Å². The summed E-state index contributed by atoms with van der Waals surface area (Å²) in [5.74, 6) is 2.20. The summed E-state index contributed by atoms with van der Waals surface area (Å²) in [7, 11) is 0. The highest BCUT2D eigenvalue weighted by atomic mass is 16.6. The van der Waals surface area contributed by atoms with Gasteiger partial charge in [0.05, 0.1) is 11.8 Å². The number of hydrogen-bond acceptors (Lipinski definition) is 4. The third-order valence-corrected chi connectivity index (χ3v) is 7.85. The predicted octanol–water partition coefficient (Wildman–Crippen LogP) is 5.63. The number of carbonyl (C=O) groups is 2. The summed E-state index contributed by atoms with van der Waals surface area (Å²) in [5.41, 5.74) is 0. The molecule has 0 N–H and O–H groups in total. The maximum absolute atomic E-state index is 12.8. The molecule has 0 aromatic rings. The lowest BCUT2D eigenvalue weighted by Gasteiger charge is -2.37. The van der Waals surface area contributed by atoms with Crippen LogP contribution in [0.4, 0.5) is 0 Å². The van der Waals surface area contributed by atoms with Crippen molar-refractivity contribution < 1.29 is 19.1 Å². The topological polar surface area (TPSA) is 52.6 Å². The standard InChI is InChI=1S/C25H42O4/c1-14(2)18-9-7-16(5)11-22(18)28-24(26)20-13-21(20)25(27)29-23-12-17(6)8-10-19(23)15(3)4/h14-23H,7-13H2,1-6H3/t16-,17-,18-,19-,20-,21+,22-,23-/m1/s1. The summed E-state index contributed by atoms with van der Waals surface area (Å²) < 4.78 is 11.9. The molecule has 0 aromatic heterocycles. The van der Waals surface area contributed by atoms with Crippen LogP contribution in [0.15, 0.2) is 0 Å². The highest BCUT2D eigenvalue weighted by molar-refractivity contribution is 5.87. The lowest BCUT2D eigenvalue weighted by Crippen LogP contribution is -2.37. The first kappa shape index (κ1) is 22.6. The lowest BCUT2D eigenvalue weighted by atomic mass is 9.75. The molecule has 0 spiro atoms. The van der Waals surface area contributed by atoms with Crippen molar-refractivity contribution >= 4 is 11.9 Å². The van der Waals surface area contributed by atoms with Crippen LogP contribution in [0.5, 0.6) is 0 Å². The molecule has 0 radical (unpaired) electrons. The fourth-order valence-corrected chi connectivity index (χ4v) is 5.69. The monoisotopic (exact) mass is 406 g/mol. The second-order valence-electron chi connectivity index (χ2n) is 11.1. The Morgan fingerprint density at radius 3 is 1.38 bits per heavy atom. The van der Waals surface area contributed by atoms with E-state index in [9.17, 15) is 9.59 Å². The van der Waals surface area contributed by atoms with Crippen LogP contribution in [0.3, 0.4) is 0 Å². The average Bonchev–Trinajstić information content (AvgIpc) is 3.42. The molecule has 4 nitrogen and oxygen atoms in total. The van der Waals surface area contributed by atoms with Crippen molar-refractivity contribution in [3.05, 3.63) is 0 Å². The summed E-state index contributed by atoms with van der Waals surface area (Å²) in [4.78, 5) is 25.5. The first-order chi connectivity index (χ1) is 13.7. The van der Waals surface area contributed by atoms with E-state index in [-0.39, 0.29) is 36.0 Å². The Hall–Kier alpha value is -1.06. The van der Waals surface area contributed by atoms with Crippen LogP contribution in [0.25, 0.3) is 0 Å². The third kappa shape index (κ3) is 5.55. The minimum absolute atomic E-state index is 0.00744. The summed E-state index contributed by atoms with van der Waals surface area (Å²) >= 11 is 0. The van der Waals surface area contributed by atoms with Gasteiger partial charge in [-0.15, -0.1) is 0 Å². The molecule has 0 heterocycles. The Bertz CT molecular complexity index is 533. The van der Waals surface area contributed by atoms with Gasteiger partial charge in [-0.05, 0) is 67.6 Å². The Balaban J connectivity index is 1.52. The zero-order chi connectivity index (χ0) is 21.3. The molecule has 0 amide bonds. The smallest absolute Gasteiger partial charge is 0.310 e. The van der Waals surface area contributed by atoms with Gasteiger partial charge in [0.1, 0.15) is 12.2 Å². The summed E-state index contributed by atoms with van der Waals surface area (Å²) in [6.45, 7) is 13.4. The molecule has 3 aliphatic carbocycles. The molecular formula is C25H42O4. The minimum atomic E-state index is -0.286. The normalized spacial score (nSPS) is 40.0. The van der Waals surface area contributed by atoms with Crippen molar-refractivity contribution in [3.63, 3.8) is 0 Å². The van der Waals surface area contributed by atoms with Gasteiger partial charge >= 0.3 is 11.9 Å². The number of rotatable bonds is 6. The molecule has 0 saturated heterocycles. The quantitative estimate of drug-likeness (QED) is 0.536. The van der Waals surface area contributed by atoms with Crippen molar-refractivity contribution in [2.75, 3.05) is 0 Å². The fourth-order valence-electron chi connectivity index (χ4n) is 5.69. The molecule has 166 valence electrons. The molecule has 3 saturated carbocycles. The average molecular weight is 407 g/mol. The van der Waals surface area contributed by atoms with Gasteiger partial charge in [-0.2, -0.15) is 0 Å². The first-order valence-electron chi connectivity index (χ1n) is 12.1. The Kier molecular flexibility index (Phi) is 7.32. The van der Waals surface area contributed by atoms with E-state index in [2.05, 4.69) is 41.5 Å². The third-order valence-electron chi connectivity index (χ3n) is 7.85. The molecule has 29 heavy (non-hydrogen) atoms. The van der Waals surface area contributed by atoms with Gasteiger partial charge in [0.15, 0.2) is 0 Å². The van der Waals surface area contributed by atoms with Gasteiger partial charge < -0.3 is 9.47 Å². The van der Waals surface area contributed by atoms with Crippen LogP contribution in [0.2, 0.25) is 0 Å². The van der Waals surface area contributed by atoms with E-state index in [0.717, 1.165) is 25.7 Å². The van der Waals surface area contributed by atoms with Crippen LogP contribution < -0.4 is 0 Å². The maximum Gasteiger partial charge on any atom is 0.310 e. The zero-order valence-electron chi connectivity index (χ0n) is 19.4. The lowest BCUT2D eigenvalue weighted by molar-refractivity contribution is -0.164. The molecule has 0 aliphatic heterocycles. The van der Waals surface area contributed by atoms with Crippen LogP contribution >= 0.6 is 0 Å². The molecule has 0 unspecified atom stereocenters. The van der Waals surface area contributed by atoms with Gasteiger partial charge in [-0.3, -0.25) is 9.59 Å². The Labute approximate surface area is 177 Å². The van der Waals surface area contributed by atoms with Crippen LogP contribution in [0.1, 0.15) is 86.5 Å². The molecular weight excluding hydrogens is 364 g/mol. The highest BCUT2D eigenvalue weighted by Crippen LogP contribution is 2.44. The van der Waals surface area contributed by atoms with E-state index in [0.29, 0.717) is 41.9 Å². The molecule has 3 fully saturated rings. The largest absolute Gasteiger partial charge is 0.462 e. The number of carbonyl (C=O) groups excluding carboxylic acids is 2. The van der Waals surface area contributed by atoms with E-state index in [1.807, 2.05) is 0 Å². The van der Waals surface area contributed by atoms with Crippen molar-refractivity contribution in [3.8, 4) is 0 Å². The van der Waals surface area contributed by atoms with E-state index in [4.69, 9.17) is 9.47 Å².